The van der Waals surface area contributed by atoms with Crippen LogP contribution in [0, 0.1) is 10.8 Å². The SMILES string of the molecule is CC[C@]1(C(=O)c2ccc(Cl)cc2)[C@@H]2c3ccccc3OC(=O)[C@@]21C(=O)NC1CCCCC1. The summed E-state index contributed by atoms with van der Waals surface area (Å²) >= 11 is 6.03. The van der Waals surface area contributed by atoms with Crippen LogP contribution in [0.25, 0.3) is 0 Å². The van der Waals surface area contributed by atoms with Crippen LogP contribution >= 0.6 is 11.6 Å². The molecule has 0 spiro atoms. The lowest BCUT2D eigenvalue weighted by Crippen LogP contribution is -2.49. The molecule has 1 heterocycles. The van der Waals surface area contributed by atoms with E-state index in [9.17, 15) is 14.4 Å². The standard InChI is InChI=1S/C26H26ClNO4/c1-2-25(22(29)16-12-14-17(27)15-13-16)21-19-10-6-7-11-20(19)32-24(31)26(21,25)23(30)28-18-8-4-3-5-9-18/h6-7,10-15,18,21H,2-5,8-9H2,1H3,(H,28,30)/t21-,25+,26-/m0/s1. The molecule has 5 nitrogen and oxygen atoms in total. The zero-order valence-electron chi connectivity index (χ0n) is 18.0. The number of hydrogen-bond acceptors (Lipinski definition) is 4. The van der Waals surface area contributed by atoms with Gasteiger partial charge in [-0.05, 0) is 49.6 Å². The van der Waals surface area contributed by atoms with Gasteiger partial charge in [-0.1, -0.05) is 56.0 Å². The second-order valence-electron chi connectivity index (χ2n) is 9.14. The van der Waals surface area contributed by atoms with Gasteiger partial charge in [0, 0.05) is 28.1 Å². The molecule has 2 aromatic rings. The van der Waals surface area contributed by atoms with Crippen molar-refractivity contribution in [1.29, 1.82) is 0 Å². The summed E-state index contributed by atoms with van der Waals surface area (Å²) in [6.07, 6.45) is 5.39. The summed E-state index contributed by atoms with van der Waals surface area (Å²) in [5.41, 5.74) is -1.55. The quantitative estimate of drug-likeness (QED) is 0.298. The second kappa shape index (κ2) is 7.73. The summed E-state index contributed by atoms with van der Waals surface area (Å²) in [6, 6.07) is 13.9. The first-order chi connectivity index (χ1) is 15.5. The maximum atomic E-state index is 14.0. The first kappa shape index (κ1) is 21.2. The summed E-state index contributed by atoms with van der Waals surface area (Å²) in [7, 11) is 0. The van der Waals surface area contributed by atoms with Gasteiger partial charge in [0.05, 0.1) is 5.41 Å². The Hall–Kier alpha value is -2.66. The van der Waals surface area contributed by atoms with Crippen LogP contribution in [-0.2, 0) is 9.59 Å². The van der Waals surface area contributed by atoms with Crippen molar-refractivity contribution in [1.82, 2.24) is 5.32 Å². The Labute approximate surface area is 192 Å². The molecule has 3 atom stereocenters. The number of nitrogens with one attached hydrogen (secondary N) is 1. The topological polar surface area (TPSA) is 72.5 Å². The molecular weight excluding hydrogens is 426 g/mol. The average molecular weight is 452 g/mol. The maximum absolute atomic E-state index is 14.0. The molecule has 0 unspecified atom stereocenters. The van der Waals surface area contributed by atoms with Gasteiger partial charge in [0.1, 0.15) is 5.75 Å². The molecule has 1 aliphatic heterocycles. The van der Waals surface area contributed by atoms with E-state index in [-0.39, 0.29) is 17.7 Å². The van der Waals surface area contributed by atoms with Crippen LogP contribution in [0.1, 0.15) is 67.3 Å². The fourth-order valence-corrected chi connectivity index (χ4v) is 6.24. The number of fused-ring (bicyclic) bond motifs is 3. The highest BCUT2D eigenvalue weighted by atomic mass is 35.5. The summed E-state index contributed by atoms with van der Waals surface area (Å²) in [6.45, 7) is 1.87. The van der Waals surface area contributed by atoms with E-state index in [1.807, 2.05) is 19.1 Å². The highest BCUT2D eigenvalue weighted by molar-refractivity contribution is 6.30. The third-order valence-corrected chi connectivity index (χ3v) is 7.92. The Morgan fingerprint density at radius 1 is 1.06 bits per heavy atom. The minimum atomic E-state index is -1.55. The third-order valence-electron chi connectivity index (χ3n) is 7.67. The molecule has 0 saturated heterocycles. The Kier molecular flexibility index (Phi) is 5.12. The number of carbonyl (C=O) groups excluding carboxylic acids is 3. The van der Waals surface area contributed by atoms with E-state index in [0.717, 1.165) is 37.7 Å². The molecule has 1 N–H and O–H groups in total. The summed E-state index contributed by atoms with van der Waals surface area (Å²) < 4.78 is 5.69. The Bertz CT molecular complexity index is 1090. The molecule has 2 fully saturated rings. The molecule has 0 aromatic heterocycles. The minimum Gasteiger partial charge on any atom is -0.425 e. The van der Waals surface area contributed by atoms with Crippen molar-refractivity contribution >= 4 is 29.3 Å². The molecule has 5 rings (SSSR count). The van der Waals surface area contributed by atoms with Crippen LogP contribution < -0.4 is 10.1 Å². The Morgan fingerprint density at radius 3 is 2.44 bits per heavy atom. The summed E-state index contributed by atoms with van der Waals surface area (Å²) in [5.74, 6) is -1.34. The van der Waals surface area contributed by atoms with E-state index in [0.29, 0.717) is 22.8 Å². The van der Waals surface area contributed by atoms with Crippen molar-refractivity contribution in [2.24, 2.45) is 10.8 Å². The summed E-state index contributed by atoms with van der Waals surface area (Å²) in [5, 5.41) is 3.65. The van der Waals surface area contributed by atoms with Crippen LogP contribution in [0.15, 0.2) is 48.5 Å². The zero-order chi connectivity index (χ0) is 22.5. The molecule has 0 radical (unpaired) electrons. The van der Waals surface area contributed by atoms with E-state index in [4.69, 9.17) is 16.3 Å². The lowest BCUT2D eigenvalue weighted by molar-refractivity contribution is -0.150. The molecule has 2 aromatic carbocycles. The number of ether oxygens (including phenoxy) is 1. The molecular formula is C26H26ClNO4. The highest BCUT2D eigenvalue weighted by Gasteiger charge is 2.89. The third kappa shape index (κ3) is 2.80. The molecule has 0 bridgehead atoms. The molecule has 2 aliphatic carbocycles. The van der Waals surface area contributed by atoms with Crippen molar-refractivity contribution in [3.63, 3.8) is 0 Å². The van der Waals surface area contributed by atoms with Gasteiger partial charge in [0.2, 0.25) is 5.91 Å². The Morgan fingerprint density at radius 2 is 1.75 bits per heavy atom. The molecule has 6 heteroatoms. The smallest absolute Gasteiger partial charge is 0.328 e. The van der Waals surface area contributed by atoms with E-state index in [1.54, 1.807) is 36.4 Å². The molecule has 32 heavy (non-hydrogen) atoms. The number of Topliss-reactive ketones (excluding diaryl/α,β-unsaturated/α-hetero) is 1. The number of hydrogen-bond donors (Lipinski definition) is 1. The largest absolute Gasteiger partial charge is 0.425 e. The van der Waals surface area contributed by atoms with Crippen molar-refractivity contribution in [2.45, 2.75) is 57.4 Å². The molecule has 2 saturated carbocycles. The van der Waals surface area contributed by atoms with Gasteiger partial charge >= 0.3 is 5.97 Å². The van der Waals surface area contributed by atoms with Crippen LogP contribution in [0.2, 0.25) is 5.02 Å². The van der Waals surface area contributed by atoms with Gasteiger partial charge in [-0.3, -0.25) is 14.4 Å². The van der Waals surface area contributed by atoms with Crippen LogP contribution in [-0.4, -0.2) is 23.7 Å². The zero-order valence-corrected chi connectivity index (χ0v) is 18.8. The van der Waals surface area contributed by atoms with Gasteiger partial charge in [-0.25, -0.2) is 0 Å². The number of para-hydroxylation sites is 1. The highest BCUT2D eigenvalue weighted by Crippen LogP contribution is 2.79. The predicted octanol–water partition coefficient (Wildman–Crippen LogP) is 5.07. The van der Waals surface area contributed by atoms with Crippen LogP contribution in [0.5, 0.6) is 5.75 Å². The number of benzene rings is 2. The van der Waals surface area contributed by atoms with E-state index in [2.05, 4.69) is 5.32 Å². The van der Waals surface area contributed by atoms with Gasteiger partial charge in [0.25, 0.3) is 0 Å². The van der Waals surface area contributed by atoms with E-state index < -0.39 is 22.7 Å². The normalized spacial score (nSPS) is 28.8. The number of rotatable bonds is 5. The van der Waals surface area contributed by atoms with Crippen molar-refractivity contribution in [3.8, 4) is 5.75 Å². The predicted molar refractivity (Wildman–Crippen MR) is 121 cm³/mol. The fourth-order valence-electron chi connectivity index (χ4n) is 6.11. The molecule has 3 aliphatic rings. The summed E-state index contributed by atoms with van der Waals surface area (Å²) in [4.78, 5) is 41.3. The van der Waals surface area contributed by atoms with E-state index in [1.165, 1.54) is 0 Å². The number of esters is 1. The number of amides is 1. The first-order valence-electron chi connectivity index (χ1n) is 11.4. The van der Waals surface area contributed by atoms with E-state index >= 15 is 0 Å². The number of carbonyl (C=O) groups is 3. The Balaban J connectivity index is 1.62. The average Bonchev–Trinajstić information content (AvgIpc) is 3.47. The van der Waals surface area contributed by atoms with Gasteiger partial charge in [0.15, 0.2) is 11.2 Å². The first-order valence-corrected chi connectivity index (χ1v) is 11.8. The molecule has 166 valence electrons. The van der Waals surface area contributed by atoms with Crippen molar-refractivity contribution < 1.29 is 19.1 Å². The van der Waals surface area contributed by atoms with Gasteiger partial charge in [-0.15, -0.1) is 0 Å². The van der Waals surface area contributed by atoms with Gasteiger partial charge < -0.3 is 10.1 Å². The lowest BCUT2D eigenvalue weighted by atomic mass is 9.82. The fraction of sp³-hybridized carbons (Fsp3) is 0.423. The number of halogens is 1. The van der Waals surface area contributed by atoms with Crippen molar-refractivity contribution in [3.05, 3.63) is 64.7 Å². The lowest BCUT2D eigenvalue weighted by Gasteiger charge is -2.28. The van der Waals surface area contributed by atoms with Crippen LogP contribution in [0.4, 0.5) is 0 Å². The molecule has 1 amide bonds. The van der Waals surface area contributed by atoms with Crippen molar-refractivity contribution in [2.75, 3.05) is 0 Å². The second-order valence-corrected chi connectivity index (χ2v) is 9.57. The minimum absolute atomic E-state index is 0.0250. The monoisotopic (exact) mass is 451 g/mol. The van der Waals surface area contributed by atoms with Crippen LogP contribution in [0.3, 0.4) is 0 Å². The van der Waals surface area contributed by atoms with Gasteiger partial charge in [-0.2, -0.15) is 0 Å². The number of ketones is 1. The maximum Gasteiger partial charge on any atom is 0.328 e.